The number of benzene rings is 1. The van der Waals surface area contributed by atoms with Gasteiger partial charge < -0.3 is 4.74 Å². The number of nitrogens with one attached hydrogen (secondary N) is 1. The molecule has 0 bridgehead atoms. The van der Waals surface area contributed by atoms with Crippen molar-refractivity contribution in [1.82, 2.24) is 4.72 Å². The van der Waals surface area contributed by atoms with Crippen LogP contribution in [0.1, 0.15) is 12.8 Å². The first-order valence-corrected chi connectivity index (χ1v) is 10.4. The number of hydrogen-bond acceptors (Lipinski definition) is 5. The second-order valence-corrected chi connectivity index (χ2v) is 9.67. The van der Waals surface area contributed by atoms with Gasteiger partial charge in [-0.3, -0.25) is 0 Å². The summed E-state index contributed by atoms with van der Waals surface area (Å²) in [5.41, 5.74) is 0. The van der Waals surface area contributed by atoms with E-state index in [0.29, 0.717) is 23.1 Å². The van der Waals surface area contributed by atoms with Gasteiger partial charge in [-0.25, -0.2) is 21.6 Å². The normalized spacial score (nSPS) is 21.9. The van der Waals surface area contributed by atoms with Gasteiger partial charge in [0, 0.05) is 6.04 Å². The van der Waals surface area contributed by atoms with Crippen LogP contribution >= 0.6 is 15.9 Å². The molecule has 1 fully saturated rings. The highest BCUT2D eigenvalue weighted by atomic mass is 79.9. The molecule has 1 atom stereocenters. The van der Waals surface area contributed by atoms with Crippen molar-refractivity contribution in [2.45, 2.75) is 23.8 Å². The van der Waals surface area contributed by atoms with E-state index in [1.807, 2.05) is 0 Å². The topological polar surface area (TPSA) is 89.5 Å². The highest BCUT2D eigenvalue weighted by molar-refractivity contribution is 9.10. The fourth-order valence-corrected chi connectivity index (χ4v) is 5.95. The summed E-state index contributed by atoms with van der Waals surface area (Å²) >= 11 is 3.23. The van der Waals surface area contributed by atoms with Gasteiger partial charge in [-0.2, -0.15) is 0 Å². The Bertz CT molecular complexity index is 730. The van der Waals surface area contributed by atoms with Crippen LogP contribution in [0.15, 0.2) is 27.6 Å². The van der Waals surface area contributed by atoms with Crippen LogP contribution < -0.4 is 9.46 Å². The first-order valence-electron chi connectivity index (χ1n) is 6.30. The third-order valence-electron chi connectivity index (χ3n) is 3.22. The van der Waals surface area contributed by atoms with Crippen LogP contribution in [0, 0.1) is 0 Å². The van der Waals surface area contributed by atoms with E-state index >= 15 is 0 Å². The zero-order chi connectivity index (χ0) is 15.7. The molecular formula is C12H16BrNO5S2. The Hall–Kier alpha value is -0.640. The molecule has 0 spiro atoms. The van der Waals surface area contributed by atoms with Crippen molar-refractivity contribution in [3.63, 3.8) is 0 Å². The molecule has 1 aliphatic rings. The van der Waals surface area contributed by atoms with Gasteiger partial charge >= 0.3 is 0 Å². The lowest BCUT2D eigenvalue weighted by molar-refractivity contribution is 0.411. The summed E-state index contributed by atoms with van der Waals surface area (Å²) in [6.07, 6.45) is 0.998. The van der Waals surface area contributed by atoms with Crippen molar-refractivity contribution in [2.24, 2.45) is 0 Å². The van der Waals surface area contributed by atoms with Crippen LogP contribution in [0.25, 0.3) is 0 Å². The Morgan fingerprint density at radius 1 is 1.38 bits per heavy atom. The van der Waals surface area contributed by atoms with E-state index in [2.05, 4.69) is 20.7 Å². The predicted molar refractivity (Wildman–Crippen MR) is 82.7 cm³/mol. The SMILES string of the molecule is COc1ccc(S(=O)(=O)NC2CCCS(=O)(=O)C2)cc1Br. The maximum atomic E-state index is 12.3. The maximum absolute atomic E-state index is 12.3. The number of hydrogen-bond donors (Lipinski definition) is 1. The van der Waals surface area contributed by atoms with Gasteiger partial charge in [-0.15, -0.1) is 0 Å². The monoisotopic (exact) mass is 397 g/mol. The van der Waals surface area contributed by atoms with Crippen LogP contribution in [0.5, 0.6) is 5.75 Å². The average Bonchev–Trinajstić information content (AvgIpc) is 2.36. The van der Waals surface area contributed by atoms with Crippen LogP contribution in [-0.4, -0.2) is 41.5 Å². The Labute approximate surface area is 133 Å². The van der Waals surface area contributed by atoms with Crippen molar-refractivity contribution in [2.75, 3.05) is 18.6 Å². The summed E-state index contributed by atoms with van der Waals surface area (Å²) in [6, 6.07) is 3.81. The van der Waals surface area contributed by atoms with Crippen molar-refractivity contribution >= 4 is 35.8 Å². The first kappa shape index (κ1) is 16.7. The number of halogens is 1. The molecule has 0 radical (unpaired) electrons. The second-order valence-electron chi connectivity index (χ2n) is 4.87. The molecule has 1 unspecified atom stereocenters. The molecule has 1 aliphatic heterocycles. The van der Waals surface area contributed by atoms with Gasteiger partial charge in [0.05, 0.1) is 28.0 Å². The molecule has 9 heteroatoms. The predicted octanol–water partition coefficient (Wildman–Crippen LogP) is 1.31. The van der Waals surface area contributed by atoms with Crippen LogP contribution in [0.4, 0.5) is 0 Å². The molecule has 21 heavy (non-hydrogen) atoms. The quantitative estimate of drug-likeness (QED) is 0.826. The van der Waals surface area contributed by atoms with Gasteiger partial charge in [-0.05, 0) is 47.0 Å². The van der Waals surface area contributed by atoms with Crippen molar-refractivity contribution in [3.8, 4) is 5.75 Å². The Kier molecular flexibility index (Phi) is 4.96. The molecule has 1 aromatic rings. The second kappa shape index (κ2) is 6.23. The molecule has 0 saturated carbocycles. The van der Waals surface area contributed by atoms with Crippen molar-refractivity contribution in [1.29, 1.82) is 0 Å². The zero-order valence-electron chi connectivity index (χ0n) is 11.4. The molecule has 1 saturated heterocycles. The number of sulfone groups is 1. The van der Waals surface area contributed by atoms with Gasteiger partial charge in [0.1, 0.15) is 5.75 Å². The molecule has 1 N–H and O–H groups in total. The van der Waals surface area contributed by atoms with Crippen molar-refractivity contribution < 1.29 is 21.6 Å². The fraction of sp³-hybridized carbons (Fsp3) is 0.500. The smallest absolute Gasteiger partial charge is 0.240 e. The molecule has 6 nitrogen and oxygen atoms in total. The standard InChI is InChI=1S/C12H16BrNO5S2/c1-19-12-5-4-10(7-11(12)13)21(17,18)14-9-3-2-6-20(15,16)8-9/h4-5,7,9,14H,2-3,6,8H2,1H3. The summed E-state index contributed by atoms with van der Waals surface area (Å²) in [5, 5.41) is 0. The van der Waals surface area contributed by atoms with E-state index in [1.54, 1.807) is 0 Å². The van der Waals surface area contributed by atoms with Crippen LogP contribution in [0.3, 0.4) is 0 Å². The molecule has 1 heterocycles. The van der Waals surface area contributed by atoms with E-state index in [0.717, 1.165) is 0 Å². The third-order valence-corrected chi connectivity index (χ3v) is 7.18. The summed E-state index contributed by atoms with van der Waals surface area (Å²) < 4.78 is 55.7. The number of sulfonamides is 1. The average molecular weight is 398 g/mol. The van der Waals surface area contributed by atoms with E-state index in [1.165, 1.54) is 25.3 Å². The third kappa shape index (κ3) is 4.18. The first-order chi connectivity index (χ1) is 9.73. The van der Waals surface area contributed by atoms with Crippen molar-refractivity contribution in [3.05, 3.63) is 22.7 Å². The molecule has 1 aromatic carbocycles. The van der Waals surface area contributed by atoms with E-state index in [9.17, 15) is 16.8 Å². The summed E-state index contributed by atoms with van der Waals surface area (Å²) in [7, 11) is -5.43. The van der Waals surface area contributed by atoms with Gasteiger partial charge in [-0.1, -0.05) is 0 Å². The van der Waals surface area contributed by atoms with Gasteiger partial charge in [0.15, 0.2) is 9.84 Å². The summed E-state index contributed by atoms with van der Waals surface area (Å²) in [5.74, 6) is 0.497. The summed E-state index contributed by atoms with van der Waals surface area (Å²) in [6.45, 7) is 0. The Balaban J connectivity index is 2.20. The highest BCUT2D eigenvalue weighted by Gasteiger charge is 2.28. The van der Waals surface area contributed by atoms with Crippen LogP contribution in [0.2, 0.25) is 0 Å². The minimum atomic E-state index is -3.76. The molecule has 118 valence electrons. The minimum Gasteiger partial charge on any atom is -0.496 e. The van der Waals surface area contributed by atoms with Gasteiger partial charge in [0.25, 0.3) is 0 Å². The fourth-order valence-electron chi connectivity index (χ4n) is 2.22. The van der Waals surface area contributed by atoms with E-state index in [-0.39, 0.29) is 16.4 Å². The van der Waals surface area contributed by atoms with E-state index in [4.69, 9.17) is 4.74 Å². The maximum Gasteiger partial charge on any atom is 0.240 e. The number of rotatable bonds is 4. The largest absolute Gasteiger partial charge is 0.496 e. The lowest BCUT2D eigenvalue weighted by Crippen LogP contribution is -2.43. The lowest BCUT2D eigenvalue weighted by Gasteiger charge is -2.23. The van der Waals surface area contributed by atoms with Gasteiger partial charge in [0.2, 0.25) is 10.0 Å². The summed E-state index contributed by atoms with van der Waals surface area (Å²) in [4.78, 5) is 0.0677. The number of ether oxygens (including phenoxy) is 1. The number of methoxy groups -OCH3 is 1. The molecule has 2 rings (SSSR count). The Morgan fingerprint density at radius 3 is 2.67 bits per heavy atom. The molecule has 0 aromatic heterocycles. The van der Waals surface area contributed by atoms with Crippen LogP contribution in [-0.2, 0) is 19.9 Å². The van der Waals surface area contributed by atoms with E-state index < -0.39 is 25.9 Å². The zero-order valence-corrected chi connectivity index (χ0v) is 14.6. The molecule has 0 aliphatic carbocycles. The molecular weight excluding hydrogens is 382 g/mol. The highest BCUT2D eigenvalue weighted by Crippen LogP contribution is 2.27. The minimum absolute atomic E-state index is 0.0677. The lowest BCUT2D eigenvalue weighted by atomic mass is 10.2. The molecule has 0 amide bonds. The Morgan fingerprint density at radius 2 is 2.10 bits per heavy atom.